The Labute approximate surface area is 89.5 Å². The van der Waals surface area contributed by atoms with E-state index in [1.54, 1.807) is 13.8 Å². The molecule has 0 saturated carbocycles. The Balaban J connectivity index is 2.70. The van der Waals surface area contributed by atoms with Crippen LogP contribution in [0.1, 0.15) is 30.7 Å². The summed E-state index contributed by atoms with van der Waals surface area (Å²) < 4.78 is 5.58. The van der Waals surface area contributed by atoms with Crippen LogP contribution in [0, 0.1) is 13.8 Å². The zero-order valence-corrected chi connectivity index (χ0v) is 9.59. The average Bonchev–Trinajstić information content (AvgIpc) is 2.41. The molecule has 1 N–H and O–H groups in total. The summed E-state index contributed by atoms with van der Waals surface area (Å²) in [5, 5.41) is 11.0. The van der Waals surface area contributed by atoms with Crippen LogP contribution in [-0.4, -0.2) is 5.11 Å². The van der Waals surface area contributed by atoms with E-state index in [1.807, 2.05) is 32.0 Å². The summed E-state index contributed by atoms with van der Waals surface area (Å²) in [6.07, 6.45) is 0. The third kappa shape index (κ3) is 1.65. The second-order valence-corrected chi connectivity index (χ2v) is 4.55. The van der Waals surface area contributed by atoms with Gasteiger partial charge in [0, 0.05) is 5.39 Å². The van der Waals surface area contributed by atoms with Crippen molar-refractivity contribution in [2.75, 3.05) is 0 Å². The van der Waals surface area contributed by atoms with Gasteiger partial charge in [-0.25, -0.2) is 0 Å². The van der Waals surface area contributed by atoms with Gasteiger partial charge in [-0.2, -0.15) is 0 Å². The molecule has 1 aromatic carbocycles. The lowest BCUT2D eigenvalue weighted by Gasteiger charge is -2.17. The monoisotopic (exact) mass is 204 g/mol. The number of aryl methyl sites for hydroxylation is 2. The molecule has 2 nitrogen and oxygen atoms in total. The minimum atomic E-state index is -0.800. The number of hydrogen-bond acceptors (Lipinski definition) is 2. The number of aliphatic hydroxyl groups is 1. The van der Waals surface area contributed by atoms with Crippen LogP contribution in [-0.2, 0) is 5.60 Å². The van der Waals surface area contributed by atoms with Gasteiger partial charge >= 0.3 is 0 Å². The summed E-state index contributed by atoms with van der Waals surface area (Å²) in [6.45, 7) is 7.57. The Hall–Kier alpha value is -1.28. The molecule has 0 aliphatic carbocycles. The van der Waals surface area contributed by atoms with E-state index in [4.69, 9.17) is 4.42 Å². The Morgan fingerprint density at radius 3 is 2.47 bits per heavy atom. The molecule has 0 unspecified atom stereocenters. The maximum atomic E-state index is 9.92. The first-order chi connectivity index (χ1) is 6.89. The van der Waals surface area contributed by atoms with Crippen molar-refractivity contribution in [2.45, 2.75) is 33.3 Å². The number of fused-ring (bicyclic) bond motifs is 1. The minimum Gasteiger partial charge on any atom is -0.461 e. The highest BCUT2D eigenvalue weighted by Crippen LogP contribution is 2.29. The predicted molar refractivity (Wildman–Crippen MR) is 60.9 cm³/mol. The minimum absolute atomic E-state index is 0.800. The molecular weight excluding hydrogens is 188 g/mol. The lowest BCUT2D eigenvalue weighted by molar-refractivity contribution is 0.0787. The van der Waals surface area contributed by atoms with Crippen molar-refractivity contribution in [3.8, 4) is 0 Å². The highest BCUT2D eigenvalue weighted by atomic mass is 16.3. The molecule has 2 rings (SSSR count). The smallest absolute Gasteiger partial charge is 0.134 e. The molecule has 15 heavy (non-hydrogen) atoms. The molecule has 2 heteroatoms. The van der Waals surface area contributed by atoms with Crippen LogP contribution in [0.4, 0.5) is 0 Å². The second-order valence-electron chi connectivity index (χ2n) is 4.55. The van der Waals surface area contributed by atoms with Crippen LogP contribution in [0.3, 0.4) is 0 Å². The fourth-order valence-corrected chi connectivity index (χ4v) is 1.72. The highest BCUT2D eigenvalue weighted by molar-refractivity contribution is 5.82. The summed E-state index contributed by atoms with van der Waals surface area (Å²) >= 11 is 0. The molecule has 0 amide bonds. The number of furan rings is 1. The third-order valence-electron chi connectivity index (χ3n) is 2.88. The molecule has 0 atom stereocenters. The second kappa shape index (κ2) is 3.11. The van der Waals surface area contributed by atoms with E-state index in [1.165, 1.54) is 0 Å². The van der Waals surface area contributed by atoms with Crippen LogP contribution in [0.15, 0.2) is 22.6 Å². The highest BCUT2D eigenvalue weighted by Gasteiger charge is 2.17. The van der Waals surface area contributed by atoms with Gasteiger partial charge in [-0.1, -0.05) is 6.07 Å². The van der Waals surface area contributed by atoms with Crippen molar-refractivity contribution in [3.63, 3.8) is 0 Å². The fraction of sp³-hybridized carbons (Fsp3) is 0.385. The number of benzene rings is 1. The van der Waals surface area contributed by atoms with Crippen LogP contribution < -0.4 is 0 Å². The van der Waals surface area contributed by atoms with E-state index in [9.17, 15) is 5.11 Å². The number of hydrogen-bond donors (Lipinski definition) is 1. The van der Waals surface area contributed by atoms with E-state index in [0.717, 1.165) is 27.9 Å². The van der Waals surface area contributed by atoms with Crippen molar-refractivity contribution >= 4 is 11.0 Å². The van der Waals surface area contributed by atoms with Crippen LogP contribution in [0.25, 0.3) is 11.0 Å². The Bertz CT molecular complexity index is 501. The topological polar surface area (TPSA) is 33.4 Å². The molecule has 0 fully saturated rings. The van der Waals surface area contributed by atoms with Crippen molar-refractivity contribution in [2.24, 2.45) is 0 Å². The molecule has 0 saturated heterocycles. The molecular formula is C13H16O2. The van der Waals surface area contributed by atoms with E-state index in [0.29, 0.717) is 0 Å². The van der Waals surface area contributed by atoms with Crippen LogP contribution in [0.2, 0.25) is 0 Å². The van der Waals surface area contributed by atoms with Gasteiger partial charge in [-0.15, -0.1) is 0 Å². The summed E-state index contributed by atoms with van der Waals surface area (Å²) in [5.74, 6) is 0.942. The fourth-order valence-electron chi connectivity index (χ4n) is 1.72. The van der Waals surface area contributed by atoms with E-state index < -0.39 is 5.60 Å². The Morgan fingerprint density at radius 2 is 1.87 bits per heavy atom. The van der Waals surface area contributed by atoms with E-state index in [2.05, 4.69) is 0 Å². The maximum Gasteiger partial charge on any atom is 0.134 e. The van der Waals surface area contributed by atoms with Gasteiger partial charge in [0.1, 0.15) is 11.3 Å². The number of rotatable bonds is 1. The van der Waals surface area contributed by atoms with Crippen molar-refractivity contribution in [3.05, 3.63) is 35.1 Å². The summed E-state index contributed by atoms with van der Waals surface area (Å²) in [4.78, 5) is 0. The Kier molecular flexibility index (Phi) is 2.12. The van der Waals surface area contributed by atoms with E-state index in [-0.39, 0.29) is 0 Å². The normalized spacial score (nSPS) is 12.3. The van der Waals surface area contributed by atoms with Gasteiger partial charge in [0.2, 0.25) is 0 Å². The standard InChI is InChI=1S/C13H16O2/c1-8-9(2)15-12-6-5-10(7-11(8)12)13(3,4)14/h5-7,14H,1-4H3. The first-order valence-corrected chi connectivity index (χ1v) is 5.12. The van der Waals surface area contributed by atoms with E-state index >= 15 is 0 Å². The van der Waals surface area contributed by atoms with Crippen molar-refractivity contribution in [1.82, 2.24) is 0 Å². The Morgan fingerprint density at radius 1 is 1.20 bits per heavy atom. The first-order valence-electron chi connectivity index (χ1n) is 5.12. The SMILES string of the molecule is Cc1oc2ccc(C(C)(C)O)cc2c1C. The van der Waals surface area contributed by atoms with Crippen LogP contribution in [0.5, 0.6) is 0 Å². The lowest BCUT2D eigenvalue weighted by Crippen LogP contribution is -2.14. The molecule has 0 spiro atoms. The van der Waals surface area contributed by atoms with Gasteiger partial charge in [0.15, 0.2) is 0 Å². The molecule has 0 aliphatic rings. The van der Waals surface area contributed by atoms with Gasteiger partial charge < -0.3 is 9.52 Å². The molecule has 80 valence electrons. The van der Waals surface area contributed by atoms with Gasteiger partial charge in [-0.3, -0.25) is 0 Å². The lowest BCUT2D eigenvalue weighted by atomic mass is 9.96. The van der Waals surface area contributed by atoms with Gasteiger partial charge in [-0.05, 0) is 51.0 Å². The molecule has 2 aromatic rings. The average molecular weight is 204 g/mol. The summed E-state index contributed by atoms with van der Waals surface area (Å²) in [5.41, 5.74) is 2.15. The van der Waals surface area contributed by atoms with Crippen molar-refractivity contribution < 1.29 is 9.52 Å². The van der Waals surface area contributed by atoms with Gasteiger partial charge in [0.25, 0.3) is 0 Å². The molecule has 0 bridgehead atoms. The third-order valence-corrected chi connectivity index (χ3v) is 2.88. The zero-order valence-electron chi connectivity index (χ0n) is 9.59. The molecule has 1 heterocycles. The molecule has 0 aliphatic heterocycles. The molecule has 1 aromatic heterocycles. The first kappa shape index (κ1) is 10.2. The maximum absolute atomic E-state index is 9.92. The zero-order chi connectivity index (χ0) is 11.2. The quantitative estimate of drug-likeness (QED) is 0.773. The summed E-state index contributed by atoms with van der Waals surface area (Å²) in [6, 6.07) is 5.83. The van der Waals surface area contributed by atoms with Gasteiger partial charge in [0.05, 0.1) is 5.60 Å². The summed E-state index contributed by atoms with van der Waals surface area (Å²) in [7, 11) is 0. The predicted octanol–water partition coefficient (Wildman–Crippen LogP) is 3.28. The largest absolute Gasteiger partial charge is 0.461 e. The van der Waals surface area contributed by atoms with Crippen molar-refractivity contribution in [1.29, 1.82) is 0 Å². The molecule has 0 radical (unpaired) electrons. The van der Waals surface area contributed by atoms with Crippen LogP contribution >= 0.6 is 0 Å².